The molecule has 0 amide bonds. The lowest BCUT2D eigenvalue weighted by Crippen LogP contribution is -2.24. The molecule has 1 aliphatic rings. The molecule has 0 fully saturated rings. The maximum absolute atomic E-state index is 12.6. The van der Waals surface area contributed by atoms with E-state index in [1.54, 1.807) is 6.08 Å². The van der Waals surface area contributed by atoms with Gasteiger partial charge in [-0.05, 0) is 36.3 Å². The Balaban J connectivity index is 1.55. The Morgan fingerprint density at radius 1 is 1.13 bits per heavy atom. The first kappa shape index (κ1) is 20.9. The van der Waals surface area contributed by atoms with Crippen LogP contribution in [0.15, 0.2) is 66.1 Å². The van der Waals surface area contributed by atoms with Crippen molar-refractivity contribution in [1.29, 1.82) is 0 Å². The SMILES string of the molecule is C[C@H](NS(=O)(=O)/C=C/c1nn(Cc2ccccc2)c2c1CSCC2)c1ccccc1. The van der Waals surface area contributed by atoms with Crippen molar-refractivity contribution >= 4 is 27.9 Å². The molecule has 7 heteroatoms. The van der Waals surface area contributed by atoms with Gasteiger partial charge in [0.1, 0.15) is 0 Å². The van der Waals surface area contributed by atoms with E-state index in [1.165, 1.54) is 16.7 Å². The van der Waals surface area contributed by atoms with Crippen molar-refractivity contribution < 1.29 is 8.42 Å². The summed E-state index contributed by atoms with van der Waals surface area (Å²) in [6.07, 6.45) is 2.58. The first-order chi connectivity index (χ1) is 14.5. The molecule has 4 rings (SSSR count). The fraction of sp³-hybridized carbons (Fsp3) is 0.261. The van der Waals surface area contributed by atoms with E-state index in [4.69, 9.17) is 5.10 Å². The fourth-order valence-corrected chi connectivity index (χ4v) is 5.62. The molecule has 2 heterocycles. The minimum absolute atomic E-state index is 0.305. The zero-order valence-electron chi connectivity index (χ0n) is 16.9. The number of thioether (sulfide) groups is 1. The van der Waals surface area contributed by atoms with Gasteiger partial charge in [0.15, 0.2) is 0 Å². The summed E-state index contributed by atoms with van der Waals surface area (Å²) in [5.74, 6) is 1.92. The summed E-state index contributed by atoms with van der Waals surface area (Å²) in [4.78, 5) is 0. The number of aromatic nitrogens is 2. The second-order valence-electron chi connectivity index (χ2n) is 7.35. The molecule has 5 nitrogen and oxygen atoms in total. The third-order valence-corrected chi connectivity index (χ3v) is 7.31. The average molecular weight is 440 g/mol. The molecule has 0 unspecified atom stereocenters. The number of nitrogens with zero attached hydrogens (tertiary/aromatic N) is 2. The van der Waals surface area contributed by atoms with E-state index in [-0.39, 0.29) is 6.04 Å². The van der Waals surface area contributed by atoms with Crippen LogP contribution in [-0.2, 0) is 28.7 Å². The maximum atomic E-state index is 12.6. The van der Waals surface area contributed by atoms with Crippen LogP contribution in [0.25, 0.3) is 6.08 Å². The van der Waals surface area contributed by atoms with Crippen LogP contribution in [0.4, 0.5) is 0 Å². The van der Waals surface area contributed by atoms with Gasteiger partial charge in [-0.3, -0.25) is 4.68 Å². The lowest BCUT2D eigenvalue weighted by atomic mass is 10.1. The zero-order chi connectivity index (χ0) is 21.0. The highest BCUT2D eigenvalue weighted by Crippen LogP contribution is 2.29. The third kappa shape index (κ3) is 5.03. The van der Waals surface area contributed by atoms with Crippen LogP contribution in [0.3, 0.4) is 0 Å². The predicted octanol–water partition coefficient (Wildman–Crippen LogP) is 4.37. The summed E-state index contributed by atoms with van der Waals surface area (Å²) in [6, 6.07) is 19.5. The highest BCUT2D eigenvalue weighted by Gasteiger charge is 2.21. The van der Waals surface area contributed by atoms with E-state index in [0.29, 0.717) is 6.54 Å². The van der Waals surface area contributed by atoms with Crippen molar-refractivity contribution in [3.05, 3.63) is 94.1 Å². The quantitative estimate of drug-likeness (QED) is 0.594. The number of sulfonamides is 1. The molecule has 1 N–H and O–H groups in total. The molecular formula is C23H25N3O2S2. The number of benzene rings is 2. The summed E-state index contributed by atoms with van der Waals surface area (Å²) >= 11 is 1.86. The normalized spacial score (nSPS) is 15.2. The summed E-state index contributed by atoms with van der Waals surface area (Å²) in [6.45, 7) is 2.53. The molecule has 0 saturated carbocycles. The molecule has 0 bridgehead atoms. The van der Waals surface area contributed by atoms with Crippen LogP contribution in [0.5, 0.6) is 0 Å². The number of nitrogens with one attached hydrogen (secondary N) is 1. The van der Waals surface area contributed by atoms with Crippen molar-refractivity contribution in [2.45, 2.75) is 31.7 Å². The highest BCUT2D eigenvalue weighted by molar-refractivity contribution is 7.98. The molecule has 1 aliphatic heterocycles. The predicted molar refractivity (Wildman–Crippen MR) is 124 cm³/mol. The monoisotopic (exact) mass is 439 g/mol. The fourth-order valence-electron chi connectivity index (χ4n) is 3.61. The molecule has 0 saturated heterocycles. The van der Waals surface area contributed by atoms with E-state index >= 15 is 0 Å². The summed E-state index contributed by atoms with van der Waals surface area (Å²) in [7, 11) is -3.59. The van der Waals surface area contributed by atoms with Crippen LogP contribution >= 0.6 is 11.8 Å². The van der Waals surface area contributed by atoms with E-state index in [0.717, 1.165) is 34.7 Å². The summed E-state index contributed by atoms with van der Waals surface area (Å²) in [5.41, 5.74) is 5.20. The first-order valence-electron chi connectivity index (χ1n) is 9.97. The molecule has 3 aromatic rings. The maximum Gasteiger partial charge on any atom is 0.234 e. The molecule has 0 aliphatic carbocycles. The number of rotatable bonds is 7. The molecule has 0 radical (unpaired) electrons. The minimum Gasteiger partial charge on any atom is -0.264 e. The number of fused-ring (bicyclic) bond motifs is 1. The van der Waals surface area contributed by atoms with Gasteiger partial charge in [0.25, 0.3) is 0 Å². The largest absolute Gasteiger partial charge is 0.264 e. The Hall–Kier alpha value is -2.35. The van der Waals surface area contributed by atoms with Gasteiger partial charge in [-0.1, -0.05) is 60.7 Å². The number of hydrogen-bond donors (Lipinski definition) is 1. The van der Waals surface area contributed by atoms with E-state index < -0.39 is 10.0 Å². The summed E-state index contributed by atoms with van der Waals surface area (Å²) < 4.78 is 30.0. The Morgan fingerprint density at radius 3 is 2.57 bits per heavy atom. The highest BCUT2D eigenvalue weighted by atomic mass is 32.2. The van der Waals surface area contributed by atoms with Crippen LogP contribution in [0, 0.1) is 0 Å². The smallest absolute Gasteiger partial charge is 0.234 e. The summed E-state index contributed by atoms with van der Waals surface area (Å²) in [5, 5.41) is 5.99. The van der Waals surface area contributed by atoms with Crippen molar-refractivity contribution in [3.8, 4) is 0 Å². The lowest BCUT2D eigenvalue weighted by Gasteiger charge is -2.14. The Labute approximate surface area is 182 Å². The molecule has 0 spiro atoms. The standard InChI is InChI=1S/C23H25N3O2S2/c1-18(20-10-6-3-7-11-20)25-30(27,28)15-13-22-21-17-29-14-12-23(21)26(24-22)16-19-8-4-2-5-9-19/h2-11,13,15,18,25H,12,14,16-17H2,1H3/b15-13+/t18-/m0/s1. The minimum atomic E-state index is -3.59. The Morgan fingerprint density at radius 2 is 1.83 bits per heavy atom. The second kappa shape index (κ2) is 9.20. The first-order valence-corrected chi connectivity index (χ1v) is 12.7. The molecule has 156 valence electrons. The van der Waals surface area contributed by atoms with Gasteiger partial charge in [0.05, 0.1) is 12.2 Å². The van der Waals surface area contributed by atoms with Crippen LogP contribution < -0.4 is 4.72 Å². The van der Waals surface area contributed by atoms with Gasteiger partial charge in [-0.25, -0.2) is 13.1 Å². The number of hydrogen-bond acceptors (Lipinski definition) is 4. The van der Waals surface area contributed by atoms with Crippen molar-refractivity contribution in [2.75, 3.05) is 5.75 Å². The zero-order valence-corrected chi connectivity index (χ0v) is 18.5. The third-order valence-electron chi connectivity index (χ3n) is 5.15. The molecule has 30 heavy (non-hydrogen) atoms. The van der Waals surface area contributed by atoms with Crippen molar-refractivity contribution in [2.24, 2.45) is 0 Å². The molecule has 2 aromatic carbocycles. The Bertz CT molecular complexity index is 1120. The van der Waals surface area contributed by atoms with E-state index in [1.807, 2.05) is 71.9 Å². The molecule has 1 atom stereocenters. The van der Waals surface area contributed by atoms with Crippen molar-refractivity contribution in [1.82, 2.24) is 14.5 Å². The lowest BCUT2D eigenvalue weighted by molar-refractivity contribution is 0.576. The van der Waals surface area contributed by atoms with Gasteiger partial charge < -0.3 is 0 Å². The van der Waals surface area contributed by atoms with Gasteiger partial charge >= 0.3 is 0 Å². The van der Waals surface area contributed by atoms with E-state index in [9.17, 15) is 8.42 Å². The molecule has 1 aromatic heterocycles. The van der Waals surface area contributed by atoms with Gasteiger partial charge in [-0.2, -0.15) is 16.9 Å². The van der Waals surface area contributed by atoms with E-state index in [2.05, 4.69) is 16.9 Å². The average Bonchev–Trinajstić information content (AvgIpc) is 3.11. The topological polar surface area (TPSA) is 64.0 Å². The van der Waals surface area contributed by atoms with Gasteiger partial charge in [-0.15, -0.1) is 0 Å². The Kier molecular flexibility index (Phi) is 6.41. The molecular weight excluding hydrogens is 414 g/mol. The van der Waals surface area contributed by atoms with Gasteiger partial charge in [0.2, 0.25) is 10.0 Å². The van der Waals surface area contributed by atoms with Crippen LogP contribution in [-0.4, -0.2) is 24.0 Å². The van der Waals surface area contributed by atoms with Gasteiger partial charge in [0, 0.05) is 28.5 Å². The second-order valence-corrected chi connectivity index (χ2v) is 10.1. The van der Waals surface area contributed by atoms with Crippen LogP contribution in [0.2, 0.25) is 0 Å². The van der Waals surface area contributed by atoms with Crippen molar-refractivity contribution in [3.63, 3.8) is 0 Å². The van der Waals surface area contributed by atoms with Crippen LogP contribution in [0.1, 0.15) is 41.0 Å².